The summed E-state index contributed by atoms with van der Waals surface area (Å²) in [5.74, 6) is -2.30. The highest BCUT2D eigenvalue weighted by Gasteiger charge is 2.28. The molecule has 57 heavy (non-hydrogen) atoms. The highest BCUT2D eigenvalue weighted by Crippen LogP contribution is 2.43. The first kappa shape index (κ1) is 54.1. The van der Waals surface area contributed by atoms with E-state index in [9.17, 15) is 28.6 Å². The minimum absolute atomic E-state index is 0.133. The maximum absolute atomic E-state index is 12.6. The molecule has 13 heteroatoms. The van der Waals surface area contributed by atoms with Crippen molar-refractivity contribution < 1.29 is 52.3 Å². The third-order valence-electron chi connectivity index (χ3n) is 9.03. The molecule has 0 spiro atoms. The lowest BCUT2D eigenvalue weighted by atomic mass is 10.1. The fourth-order valence-electron chi connectivity index (χ4n) is 5.55. The van der Waals surface area contributed by atoms with Crippen molar-refractivity contribution in [2.75, 3.05) is 19.8 Å². The van der Waals surface area contributed by atoms with Crippen molar-refractivity contribution in [3.63, 3.8) is 0 Å². The van der Waals surface area contributed by atoms with Gasteiger partial charge >= 0.3 is 25.7 Å². The van der Waals surface area contributed by atoms with Crippen molar-refractivity contribution in [3.8, 4) is 0 Å². The first-order valence-electron chi connectivity index (χ1n) is 21.6. The van der Waals surface area contributed by atoms with Gasteiger partial charge in [-0.2, -0.15) is 0 Å². The SMILES string of the molecule is CCCCC/C=C\C/C=C\CCCCCCCCCC(=O)O[C@H](COC(=O)CCCCCCC/C=C\C=C\C(=O)CCCCC)COP(=O)(O)OC[C@H](N)C(=O)O. The maximum Gasteiger partial charge on any atom is 0.472 e. The van der Waals surface area contributed by atoms with Crippen LogP contribution in [0.2, 0.25) is 0 Å². The van der Waals surface area contributed by atoms with Gasteiger partial charge in [-0.3, -0.25) is 28.2 Å². The molecule has 0 aliphatic rings. The predicted molar refractivity (Wildman–Crippen MR) is 227 cm³/mol. The summed E-state index contributed by atoms with van der Waals surface area (Å²) in [6.07, 6.45) is 38.6. The molecule has 0 aliphatic heterocycles. The quantitative estimate of drug-likeness (QED) is 0.0133. The average Bonchev–Trinajstić information content (AvgIpc) is 3.18. The lowest BCUT2D eigenvalue weighted by Gasteiger charge is -2.20. The number of ketones is 1. The number of unbranched alkanes of at least 4 members (excludes halogenated alkanes) is 17. The third-order valence-corrected chi connectivity index (χ3v) is 9.98. The highest BCUT2D eigenvalue weighted by atomic mass is 31.2. The van der Waals surface area contributed by atoms with Gasteiger partial charge in [0.2, 0.25) is 0 Å². The summed E-state index contributed by atoms with van der Waals surface area (Å²) < 4.78 is 32.6. The van der Waals surface area contributed by atoms with Gasteiger partial charge in [0.1, 0.15) is 12.6 Å². The number of aliphatic carboxylic acids is 1. The zero-order valence-electron chi connectivity index (χ0n) is 35.2. The number of esters is 2. The largest absolute Gasteiger partial charge is 0.480 e. The zero-order chi connectivity index (χ0) is 42.2. The number of nitrogens with two attached hydrogens (primary N) is 1. The first-order chi connectivity index (χ1) is 27.5. The number of phosphoric ester groups is 1. The molecule has 0 radical (unpaired) electrons. The Morgan fingerprint density at radius 3 is 1.68 bits per heavy atom. The average molecular weight is 826 g/mol. The highest BCUT2D eigenvalue weighted by molar-refractivity contribution is 7.47. The van der Waals surface area contributed by atoms with E-state index < -0.39 is 51.1 Å². The van der Waals surface area contributed by atoms with E-state index in [0.717, 1.165) is 96.3 Å². The Hall–Kier alpha value is -2.89. The van der Waals surface area contributed by atoms with Gasteiger partial charge in [-0.15, -0.1) is 0 Å². The summed E-state index contributed by atoms with van der Waals surface area (Å²) in [7, 11) is -4.74. The number of rotatable bonds is 40. The van der Waals surface area contributed by atoms with Crippen molar-refractivity contribution in [3.05, 3.63) is 48.6 Å². The van der Waals surface area contributed by atoms with Crippen LogP contribution in [-0.4, -0.2) is 65.7 Å². The van der Waals surface area contributed by atoms with E-state index in [1.165, 1.54) is 32.1 Å². The van der Waals surface area contributed by atoms with Crippen molar-refractivity contribution in [2.45, 2.75) is 187 Å². The second-order valence-electron chi connectivity index (χ2n) is 14.5. The Balaban J connectivity index is 4.45. The molecule has 0 aromatic carbocycles. The molecule has 1 unspecified atom stereocenters. The number of hydrogen-bond acceptors (Lipinski definition) is 10. The van der Waals surface area contributed by atoms with Crippen LogP contribution in [0.4, 0.5) is 0 Å². The number of phosphoric acid groups is 1. The number of carboxylic acid groups (broad SMARTS) is 1. The second-order valence-corrected chi connectivity index (χ2v) is 16.0. The molecular formula is C44H76NO11P. The normalized spacial score (nSPS) is 14.1. The van der Waals surface area contributed by atoms with Crippen LogP contribution >= 0.6 is 7.82 Å². The summed E-state index contributed by atoms with van der Waals surface area (Å²) in [5.41, 5.74) is 5.32. The smallest absolute Gasteiger partial charge is 0.472 e. The Labute approximate surface area is 343 Å². The summed E-state index contributed by atoms with van der Waals surface area (Å²) >= 11 is 0. The molecular weight excluding hydrogens is 749 g/mol. The van der Waals surface area contributed by atoms with Crippen molar-refractivity contribution >= 4 is 31.5 Å². The lowest BCUT2D eigenvalue weighted by molar-refractivity contribution is -0.161. The van der Waals surface area contributed by atoms with E-state index in [4.69, 9.17) is 24.8 Å². The molecule has 3 atom stereocenters. The van der Waals surface area contributed by atoms with Crippen LogP contribution in [0.15, 0.2) is 48.6 Å². The molecule has 0 aliphatic carbocycles. The van der Waals surface area contributed by atoms with Crippen molar-refractivity contribution in [1.82, 2.24) is 0 Å². The predicted octanol–water partition coefficient (Wildman–Crippen LogP) is 10.6. The lowest BCUT2D eigenvalue weighted by Crippen LogP contribution is -2.34. The van der Waals surface area contributed by atoms with Gasteiger partial charge in [0, 0.05) is 19.3 Å². The van der Waals surface area contributed by atoms with Crippen LogP contribution in [0.1, 0.15) is 174 Å². The Morgan fingerprint density at radius 1 is 0.596 bits per heavy atom. The molecule has 0 aromatic heterocycles. The van der Waals surface area contributed by atoms with Gasteiger partial charge in [-0.25, -0.2) is 4.57 Å². The zero-order valence-corrected chi connectivity index (χ0v) is 36.1. The number of hydrogen-bond donors (Lipinski definition) is 3. The van der Waals surface area contributed by atoms with Crippen LogP contribution < -0.4 is 5.73 Å². The molecule has 0 saturated heterocycles. The van der Waals surface area contributed by atoms with E-state index in [1.54, 1.807) is 12.2 Å². The van der Waals surface area contributed by atoms with Crippen LogP contribution in [0.5, 0.6) is 0 Å². The number of allylic oxidation sites excluding steroid dienone is 8. The number of carbonyl (C=O) groups is 4. The van der Waals surface area contributed by atoms with E-state index in [1.807, 2.05) is 12.2 Å². The van der Waals surface area contributed by atoms with E-state index in [-0.39, 0.29) is 25.2 Å². The Bertz CT molecular complexity index is 1220. The number of carbonyl (C=O) groups excluding carboxylic acids is 3. The van der Waals surface area contributed by atoms with Crippen LogP contribution in [0.25, 0.3) is 0 Å². The molecule has 328 valence electrons. The van der Waals surface area contributed by atoms with Gasteiger partial charge in [-0.05, 0) is 70.3 Å². The van der Waals surface area contributed by atoms with Gasteiger partial charge in [-0.1, -0.05) is 133 Å². The summed E-state index contributed by atoms with van der Waals surface area (Å²) in [6.45, 7) is 2.57. The second kappa shape index (κ2) is 38.6. The molecule has 0 aromatic rings. The van der Waals surface area contributed by atoms with Crippen LogP contribution in [0, 0.1) is 0 Å². The molecule has 0 amide bonds. The van der Waals surface area contributed by atoms with E-state index in [0.29, 0.717) is 19.3 Å². The van der Waals surface area contributed by atoms with Crippen LogP contribution in [0.3, 0.4) is 0 Å². The fraction of sp³-hybridized carbons (Fsp3) is 0.727. The van der Waals surface area contributed by atoms with E-state index >= 15 is 0 Å². The van der Waals surface area contributed by atoms with Gasteiger partial charge in [0.25, 0.3) is 0 Å². The summed E-state index contributed by atoms with van der Waals surface area (Å²) in [4.78, 5) is 57.7. The maximum atomic E-state index is 12.6. The Morgan fingerprint density at radius 2 is 1.09 bits per heavy atom. The summed E-state index contributed by atoms with van der Waals surface area (Å²) in [6, 6.07) is -1.54. The molecule has 4 N–H and O–H groups in total. The fourth-order valence-corrected chi connectivity index (χ4v) is 6.32. The molecule has 0 bridgehead atoms. The topological polar surface area (TPSA) is 189 Å². The summed E-state index contributed by atoms with van der Waals surface area (Å²) in [5, 5.41) is 8.88. The van der Waals surface area contributed by atoms with Crippen molar-refractivity contribution in [1.29, 1.82) is 0 Å². The number of ether oxygens (including phenoxy) is 2. The van der Waals surface area contributed by atoms with Gasteiger partial charge in [0.15, 0.2) is 11.9 Å². The molecule has 12 nitrogen and oxygen atoms in total. The van der Waals surface area contributed by atoms with Crippen LogP contribution in [-0.2, 0) is 42.3 Å². The Kier molecular flexibility index (Phi) is 36.7. The molecule has 0 heterocycles. The minimum Gasteiger partial charge on any atom is -0.480 e. The van der Waals surface area contributed by atoms with Gasteiger partial charge in [0.05, 0.1) is 13.2 Å². The molecule has 0 rings (SSSR count). The molecule has 0 saturated carbocycles. The van der Waals surface area contributed by atoms with Gasteiger partial charge < -0.3 is 25.2 Å². The molecule has 0 fully saturated rings. The van der Waals surface area contributed by atoms with Crippen molar-refractivity contribution in [2.24, 2.45) is 5.73 Å². The van der Waals surface area contributed by atoms with E-state index in [2.05, 4.69) is 42.7 Å². The standard InChI is InChI=1S/C44H76NO11P/c1-3-5-7-8-9-10-11-12-13-14-15-16-17-20-24-27-31-35-43(48)56-40(37-54-57(51,52)55-38-41(45)44(49)50)36-53-42(47)34-30-26-23-21-18-19-22-25-29-33-39(46)32-28-6-4-2/h9-10,12-13,22,25,29,33,40-41H,3-8,11,14-21,23-24,26-28,30-32,34-38,45H2,1-2H3,(H,49,50)(H,51,52)/b10-9-,13-12-,25-22-,33-29+/t40-,41+/m1/s1. The first-order valence-corrected chi connectivity index (χ1v) is 23.1. The monoisotopic (exact) mass is 826 g/mol. The number of carboxylic acids is 1. The minimum atomic E-state index is -4.74. The third kappa shape index (κ3) is 38.4.